The fourth-order valence-electron chi connectivity index (χ4n) is 1.36. The first-order valence-corrected chi connectivity index (χ1v) is 4.65. The molecule has 0 aromatic carbocycles. The maximum Gasteiger partial charge on any atom is 0.415 e. The summed E-state index contributed by atoms with van der Waals surface area (Å²) in [4.78, 5) is 10.7. The Morgan fingerprint density at radius 1 is 1.54 bits per heavy atom. The summed E-state index contributed by atoms with van der Waals surface area (Å²) in [6.07, 6.45) is 4.93. The summed E-state index contributed by atoms with van der Waals surface area (Å²) in [6, 6.07) is 3.64. The second-order valence-corrected chi connectivity index (χ2v) is 3.11. The van der Waals surface area contributed by atoms with E-state index in [1.165, 1.54) is 4.57 Å². The van der Waals surface area contributed by atoms with Crippen LogP contribution in [-0.4, -0.2) is 15.8 Å². The van der Waals surface area contributed by atoms with Crippen molar-refractivity contribution in [2.75, 3.05) is 0 Å². The SMILES string of the molecule is CCCCCc1cccn1C(=O)O. The number of carboxylic acid groups (broad SMARTS) is 1. The summed E-state index contributed by atoms with van der Waals surface area (Å²) in [5.74, 6) is 0. The average molecular weight is 181 g/mol. The molecule has 1 aromatic rings. The second kappa shape index (κ2) is 4.70. The predicted octanol–water partition coefficient (Wildman–Crippen LogP) is 2.75. The number of carbonyl (C=O) groups is 1. The largest absolute Gasteiger partial charge is 0.464 e. The first-order valence-electron chi connectivity index (χ1n) is 4.65. The van der Waals surface area contributed by atoms with E-state index in [9.17, 15) is 4.79 Å². The van der Waals surface area contributed by atoms with Gasteiger partial charge in [0.2, 0.25) is 0 Å². The number of aromatic nitrogens is 1. The molecule has 1 N–H and O–H groups in total. The minimum Gasteiger partial charge on any atom is -0.464 e. The molecule has 3 nitrogen and oxygen atoms in total. The molecular weight excluding hydrogens is 166 g/mol. The highest BCUT2D eigenvalue weighted by Gasteiger charge is 2.05. The Hall–Kier alpha value is -1.25. The van der Waals surface area contributed by atoms with Gasteiger partial charge in [-0.3, -0.25) is 4.57 Å². The third-order valence-corrected chi connectivity index (χ3v) is 2.08. The highest BCUT2D eigenvalue weighted by molar-refractivity contribution is 5.69. The fraction of sp³-hybridized carbons (Fsp3) is 0.500. The molecular formula is C10H15NO2. The Balaban J connectivity index is 2.55. The summed E-state index contributed by atoms with van der Waals surface area (Å²) >= 11 is 0. The summed E-state index contributed by atoms with van der Waals surface area (Å²) in [5.41, 5.74) is 0.890. The minimum atomic E-state index is -0.892. The van der Waals surface area contributed by atoms with Gasteiger partial charge in [0.1, 0.15) is 0 Å². The standard InChI is InChI=1S/C10H15NO2/c1-2-3-4-6-9-7-5-8-11(9)10(12)13/h5,7-8H,2-4,6H2,1H3,(H,12,13). The molecule has 13 heavy (non-hydrogen) atoms. The minimum absolute atomic E-state index is 0.854. The van der Waals surface area contributed by atoms with Gasteiger partial charge in [0.25, 0.3) is 0 Å². The van der Waals surface area contributed by atoms with E-state index >= 15 is 0 Å². The monoisotopic (exact) mass is 181 g/mol. The molecule has 3 heteroatoms. The average Bonchev–Trinajstić information content (AvgIpc) is 2.53. The van der Waals surface area contributed by atoms with E-state index in [0.29, 0.717) is 0 Å². The van der Waals surface area contributed by atoms with E-state index in [1.54, 1.807) is 12.3 Å². The molecule has 0 amide bonds. The van der Waals surface area contributed by atoms with Crippen molar-refractivity contribution in [2.45, 2.75) is 32.6 Å². The fourth-order valence-corrected chi connectivity index (χ4v) is 1.36. The van der Waals surface area contributed by atoms with Gasteiger partial charge in [-0.05, 0) is 25.0 Å². The Morgan fingerprint density at radius 2 is 2.31 bits per heavy atom. The lowest BCUT2D eigenvalue weighted by molar-refractivity contribution is 0.195. The first kappa shape index (κ1) is 9.84. The molecule has 0 fully saturated rings. The van der Waals surface area contributed by atoms with Crippen molar-refractivity contribution in [2.24, 2.45) is 0 Å². The van der Waals surface area contributed by atoms with Gasteiger partial charge in [-0.25, -0.2) is 4.79 Å². The van der Waals surface area contributed by atoms with Crippen molar-refractivity contribution in [3.05, 3.63) is 24.0 Å². The molecule has 0 bridgehead atoms. The predicted molar refractivity (Wildman–Crippen MR) is 51.1 cm³/mol. The van der Waals surface area contributed by atoms with Gasteiger partial charge in [0.05, 0.1) is 0 Å². The van der Waals surface area contributed by atoms with Gasteiger partial charge in [0, 0.05) is 11.9 Å². The molecule has 1 aromatic heterocycles. The third-order valence-electron chi connectivity index (χ3n) is 2.08. The molecule has 0 saturated carbocycles. The van der Waals surface area contributed by atoms with Gasteiger partial charge < -0.3 is 5.11 Å². The topological polar surface area (TPSA) is 42.2 Å². The Kier molecular flexibility index (Phi) is 3.55. The first-order chi connectivity index (χ1) is 6.25. The maximum absolute atomic E-state index is 10.7. The summed E-state index contributed by atoms with van der Waals surface area (Å²) in [5, 5.41) is 8.77. The van der Waals surface area contributed by atoms with Gasteiger partial charge in [-0.15, -0.1) is 0 Å². The van der Waals surface area contributed by atoms with Gasteiger partial charge >= 0.3 is 6.09 Å². The molecule has 0 unspecified atom stereocenters. The molecule has 0 atom stereocenters. The van der Waals surface area contributed by atoms with E-state index in [2.05, 4.69) is 6.92 Å². The van der Waals surface area contributed by atoms with Gasteiger partial charge in [-0.1, -0.05) is 19.8 Å². The van der Waals surface area contributed by atoms with Crippen molar-refractivity contribution >= 4 is 6.09 Å². The van der Waals surface area contributed by atoms with Crippen LogP contribution in [0.2, 0.25) is 0 Å². The summed E-state index contributed by atoms with van der Waals surface area (Å²) in [6.45, 7) is 2.14. The zero-order valence-electron chi connectivity index (χ0n) is 7.86. The number of hydrogen-bond acceptors (Lipinski definition) is 1. The number of hydrogen-bond donors (Lipinski definition) is 1. The van der Waals surface area contributed by atoms with Crippen molar-refractivity contribution < 1.29 is 9.90 Å². The van der Waals surface area contributed by atoms with Crippen molar-refractivity contribution in [1.82, 2.24) is 4.57 Å². The van der Waals surface area contributed by atoms with Crippen LogP contribution in [-0.2, 0) is 6.42 Å². The lowest BCUT2D eigenvalue weighted by Crippen LogP contribution is -2.10. The van der Waals surface area contributed by atoms with Gasteiger partial charge in [-0.2, -0.15) is 0 Å². The Bertz CT molecular complexity index is 278. The van der Waals surface area contributed by atoms with Crippen LogP contribution in [0.4, 0.5) is 4.79 Å². The molecule has 0 spiro atoms. The lowest BCUT2D eigenvalue weighted by atomic mass is 10.1. The molecule has 0 aliphatic heterocycles. The number of unbranched alkanes of at least 4 members (excludes halogenated alkanes) is 2. The van der Waals surface area contributed by atoms with Crippen LogP contribution in [0.5, 0.6) is 0 Å². The molecule has 72 valence electrons. The number of nitrogens with zero attached hydrogens (tertiary/aromatic N) is 1. The van der Waals surface area contributed by atoms with Crippen LogP contribution in [0.25, 0.3) is 0 Å². The smallest absolute Gasteiger partial charge is 0.415 e. The maximum atomic E-state index is 10.7. The van der Waals surface area contributed by atoms with Crippen LogP contribution in [0.1, 0.15) is 31.9 Å². The lowest BCUT2D eigenvalue weighted by Gasteiger charge is -2.02. The van der Waals surface area contributed by atoms with Crippen LogP contribution in [0, 0.1) is 0 Å². The molecule has 0 radical (unpaired) electrons. The van der Waals surface area contributed by atoms with Crippen molar-refractivity contribution in [3.63, 3.8) is 0 Å². The van der Waals surface area contributed by atoms with E-state index < -0.39 is 6.09 Å². The zero-order valence-corrected chi connectivity index (χ0v) is 7.86. The zero-order chi connectivity index (χ0) is 9.68. The summed E-state index contributed by atoms with van der Waals surface area (Å²) in [7, 11) is 0. The Labute approximate surface area is 78.0 Å². The van der Waals surface area contributed by atoms with E-state index in [0.717, 1.165) is 31.4 Å². The molecule has 0 aliphatic rings. The van der Waals surface area contributed by atoms with Crippen molar-refractivity contribution in [3.8, 4) is 0 Å². The number of rotatable bonds is 4. The quantitative estimate of drug-likeness (QED) is 0.726. The second-order valence-electron chi connectivity index (χ2n) is 3.11. The van der Waals surface area contributed by atoms with Crippen LogP contribution in [0.15, 0.2) is 18.3 Å². The highest BCUT2D eigenvalue weighted by Crippen LogP contribution is 2.07. The molecule has 1 heterocycles. The van der Waals surface area contributed by atoms with Crippen LogP contribution < -0.4 is 0 Å². The normalized spacial score (nSPS) is 10.2. The van der Waals surface area contributed by atoms with E-state index in [-0.39, 0.29) is 0 Å². The van der Waals surface area contributed by atoms with Crippen LogP contribution in [0.3, 0.4) is 0 Å². The number of aryl methyl sites for hydroxylation is 1. The van der Waals surface area contributed by atoms with Crippen molar-refractivity contribution in [1.29, 1.82) is 0 Å². The Morgan fingerprint density at radius 3 is 2.92 bits per heavy atom. The van der Waals surface area contributed by atoms with Gasteiger partial charge in [0.15, 0.2) is 0 Å². The summed E-state index contributed by atoms with van der Waals surface area (Å²) < 4.78 is 1.29. The third kappa shape index (κ3) is 2.61. The highest BCUT2D eigenvalue weighted by atomic mass is 16.4. The van der Waals surface area contributed by atoms with E-state index in [1.807, 2.05) is 6.07 Å². The van der Waals surface area contributed by atoms with E-state index in [4.69, 9.17) is 5.11 Å². The molecule has 1 rings (SSSR count). The molecule has 0 saturated heterocycles. The van der Waals surface area contributed by atoms with Crippen LogP contribution >= 0.6 is 0 Å². The molecule has 0 aliphatic carbocycles.